The summed E-state index contributed by atoms with van der Waals surface area (Å²) < 4.78 is 15.8. The Morgan fingerprint density at radius 1 is 0.897 bits per heavy atom. The smallest absolute Gasteiger partial charge is 0.302 e. The lowest BCUT2D eigenvalue weighted by molar-refractivity contribution is -0.150. The van der Waals surface area contributed by atoms with Gasteiger partial charge in [0.2, 0.25) is 5.91 Å². The number of fused-ring (bicyclic) bond motifs is 1. The summed E-state index contributed by atoms with van der Waals surface area (Å²) in [4.78, 5) is 34.6. The minimum atomic E-state index is -1.02. The average Bonchev–Trinajstić information content (AvgIpc) is 2.68. The summed E-state index contributed by atoms with van der Waals surface area (Å²) in [7, 11) is 1.63. The third kappa shape index (κ3) is 6.20. The fourth-order valence-corrected chi connectivity index (χ4v) is 3.28. The van der Waals surface area contributed by atoms with Crippen molar-refractivity contribution in [1.82, 2.24) is 5.32 Å². The first-order valence-corrected chi connectivity index (χ1v) is 9.36. The number of rotatable bonds is 9. The van der Waals surface area contributed by atoms with Crippen molar-refractivity contribution >= 4 is 28.6 Å². The van der Waals surface area contributed by atoms with E-state index in [4.69, 9.17) is 14.2 Å². The van der Waals surface area contributed by atoms with Gasteiger partial charge in [0.1, 0.15) is 24.5 Å². The topological polar surface area (TPSA) is 90.9 Å². The Kier molecular flexibility index (Phi) is 7.59. The van der Waals surface area contributed by atoms with Crippen LogP contribution in [0.15, 0.2) is 36.4 Å². The van der Waals surface area contributed by atoms with Crippen molar-refractivity contribution in [3.63, 3.8) is 0 Å². The standard InChI is InChI=1S/C22H27NO6/c1-15(24)23-22(13-28-16(2)25,14-29-17(3)26)12-11-18-9-10-21(27-4)20-8-6-5-7-19(18)20/h5-10H,11-14H2,1-4H3,(H,23,24). The van der Waals surface area contributed by atoms with E-state index in [0.717, 1.165) is 22.1 Å². The van der Waals surface area contributed by atoms with Crippen LogP contribution in [0, 0.1) is 0 Å². The van der Waals surface area contributed by atoms with Gasteiger partial charge in [-0.2, -0.15) is 0 Å². The summed E-state index contributed by atoms with van der Waals surface area (Å²) in [6.45, 7) is 3.77. The van der Waals surface area contributed by atoms with Crippen molar-refractivity contribution in [3.8, 4) is 5.75 Å². The molecule has 0 radical (unpaired) electrons. The number of carbonyl (C=O) groups excluding carboxylic acids is 3. The molecule has 0 saturated heterocycles. The summed E-state index contributed by atoms with van der Waals surface area (Å²) in [5, 5.41) is 4.84. The molecule has 1 amide bonds. The quantitative estimate of drug-likeness (QED) is 0.650. The van der Waals surface area contributed by atoms with Crippen LogP contribution in [0.2, 0.25) is 0 Å². The minimum absolute atomic E-state index is 0.0940. The molecule has 0 bridgehead atoms. The number of hydrogen-bond acceptors (Lipinski definition) is 6. The maximum atomic E-state index is 11.8. The molecule has 2 rings (SSSR count). The zero-order valence-corrected chi connectivity index (χ0v) is 17.2. The lowest BCUT2D eigenvalue weighted by Crippen LogP contribution is -2.55. The first kappa shape index (κ1) is 22.2. The largest absolute Gasteiger partial charge is 0.496 e. The van der Waals surface area contributed by atoms with Crippen molar-refractivity contribution in [2.75, 3.05) is 20.3 Å². The van der Waals surface area contributed by atoms with E-state index in [1.165, 1.54) is 20.8 Å². The maximum Gasteiger partial charge on any atom is 0.302 e. The second-order valence-electron chi connectivity index (χ2n) is 6.99. The molecule has 0 atom stereocenters. The second-order valence-corrected chi connectivity index (χ2v) is 6.99. The molecule has 2 aromatic rings. The lowest BCUT2D eigenvalue weighted by Gasteiger charge is -2.33. The molecule has 156 valence electrons. The molecule has 7 nitrogen and oxygen atoms in total. The van der Waals surface area contributed by atoms with Gasteiger partial charge < -0.3 is 19.5 Å². The van der Waals surface area contributed by atoms with E-state index in [9.17, 15) is 14.4 Å². The highest BCUT2D eigenvalue weighted by Crippen LogP contribution is 2.30. The predicted molar refractivity (Wildman–Crippen MR) is 109 cm³/mol. The van der Waals surface area contributed by atoms with Gasteiger partial charge in [0, 0.05) is 26.2 Å². The molecular weight excluding hydrogens is 374 g/mol. The molecule has 0 unspecified atom stereocenters. The van der Waals surface area contributed by atoms with E-state index in [2.05, 4.69) is 5.32 Å². The van der Waals surface area contributed by atoms with Crippen LogP contribution < -0.4 is 10.1 Å². The highest BCUT2D eigenvalue weighted by molar-refractivity contribution is 5.91. The first-order chi connectivity index (χ1) is 13.8. The van der Waals surface area contributed by atoms with Gasteiger partial charge in [-0.25, -0.2) is 0 Å². The summed E-state index contributed by atoms with van der Waals surface area (Å²) in [5.74, 6) is -0.476. The van der Waals surface area contributed by atoms with Crippen LogP contribution in [0.25, 0.3) is 10.8 Å². The SMILES string of the molecule is COc1ccc(CCC(COC(C)=O)(COC(C)=O)NC(C)=O)c2ccccc12. The molecule has 7 heteroatoms. The monoisotopic (exact) mass is 401 g/mol. The number of aryl methyl sites for hydroxylation is 1. The second kappa shape index (κ2) is 9.91. The molecule has 0 spiro atoms. The number of benzene rings is 2. The van der Waals surface area contributed by atoms with Crippen LogP contribution in [-0.4, -0.2) is 43.7 Å². The Hall–Kier alpha value is -3.09. The van der Waals surface area contributed by atoms with E-state index in [1.54, 1.807) is 7.11 Å². The van der Waals surface area contributed by atoms with E-state index >= 15 is 0 Å². The third-order valence-electron chi connectivity index (χ3n) is 4.61. The van der Waals surface area contributed by atoms with Gasteiger partial charge in [0.25, 0.3) is 0 Å². The summed E-state index contributed by atoms with van der Waals surface area (Å²) >= 11 is 0. The highest BCUT2D eigenvalue weighted by Gasteiger charge is 2.34. The zero-order valence-electron chi connectivity index (χ0n) is 17.2. The van der Waals surface area contributed by atoms with E-state index < -0.39 is 17.5 Å². The number of ether oxygens (including phenoxy) is 3. The molecule has 0 fully saturated rings. The maximum absolute atomic E-state index is 11.8. The minimum Gasteiger partial charge on any atom is -0.496 e. The molecule has 0 aliphatic carbocycles. The van der Waals surface area contributed by atoms with Gasteiger partial charge >= 0.3 is 11.9 Å². The van der Waals surface area contributed by atoms with Gasteiger partial charge in [-0.05, 0) is 29.9 Å². The molecule has 0 saturated carbocycles. The lowest BCUT2D eigenvalue weighted by atomic mass is 9.90. The molecular formula is C22H27NO6. The van der Waals surface area contributed by atoms with E-state index in [0.29, 0.717) is 12.8 Å². The molecule has 0 aliphatic rings. The number of nitrogens with one attached hydrogen (secondary N) is 1. The van der Waals surface area contributed by atoms with Gasteiger partial charge in [0.05, 0.1) is 7.11 Å². The van der Waals surface area contributed by atoms with Crippen LogP contribution in [0.4, 0.5) is 0 Å². The number of methoxy groups -OCH3 is 1. The molecule has 0 heterocycles. The van der Waals surface area contributed by atoms with Crippen molar-refractivity contribution in [3.05, 3.63) is 42.0 Å². The fourth-order valence-electron chi connectivity index (χ4n) is 3.28. The number of amides is 1. The number of esters is 2. The first-order valence-electron chi connectivity index (χ1n) is 9.36. The summed E-state index contributed by atoms with van der Waals surface area (Å²) in [6, 6.07) is 11.7. The van der Waals surface area contributed by atoms with E-state index in [-0.39, 0.29) is 19.1 Å². The van der Waals surface area contributed by atoms with Gasteiger partial charge in [-0.1, -0.05) is 30.3 Å². The molecule has 29 heavy (non-hydrogen) atoms. The molecule has 1 N–H and O–H groups in total. The number of hydrogen-bond donors (Lipinski definition) is 1. The van der Waals surface area contributed by atoms with Crippen LogP contribution >= 0.6 is 0 Å². The van der Waals surface area contributed by atoms with Gasteiger partial charge in [0.15, 0.2) is 0 Å². The molecule has 0 aromatic heterocycles. The Labute approximate surface area is 170 Å². The Bertz CT molecular complexity index is 874. The fraction of sp³-hybridized carbons (Fsp3) is 0.409. The van der Waals surface area contributed by atoms with Crippen molar-refractivity contribution in [2.24, 2.45) is 0 Å². The Balaban J connectivity index is 2.34. The normalized spacial score (nSPS) is 11.0. The van der Waals surface area contributed by atoms with E-state index in [1.807, 2.05) is 36.4 Å². The highest BCUT2D eigenvalue weighted by atomic mass is 16.5. The van der Waals surface area contributed by atoms with Gasteiger partial charge in [-0.15, -0.1) is 0 Å². The third-order valence-corrected chi connectivity index (χ3v) is 4.61. The molecule has 2 aromatic carbocycles. The molecule has 0 aliphatic heterocycles. The summed E-state index contributed by atoms with van der Waals surface area (Å²) in [6.07, 6.45) is 0.969. The average molecular weight is 401 g/mol. The van der Waals surface area contributed by atoms with Crippen LogP contribution in [0.1, 0.15) is 32.8 Å². The van der Waals surface area contributed by atoms with Crippen LogP contribution in [0.5, 0.6) is 5.75 Å². The van der Waals surface area contributed by atoms with Gasteiger partial charge in [-0.3, -0.25) is 14.4 Å². The Morgan fingerprint density at radius 2 is 1.48 bits per heavy atom. The zero-order chi connectivity index (χ0) is 21.4. The number of carbonyl (C=O) groups is 3. The van der Waals surface area contributed by atoms with Crippen molar-refractivity contribution in [2.45, 2.75) is 39.2 Å². The predicted octanol–water partition coefficient (Wildman–Crippen LogP) is 2.78. The Morgan fingerprint density at radius 3 is 2.00 bits per heavy atom. The van der Waals surface area contributed by atoms with Crippen LogP contribution in [0.3, 0.4) is 0 Å². The van der Waals surface area contributed by atoms with Crippen molar-refractivity contribution in [1.29, 1.82) is 0 Å². The summed E-state index contributed by atoms with van der Waals surface area (Å²) in [5.41, 5.74) is 0.0197. The van der Waals surface area contributed by atoms with Crippen LogP contribution in [-0.2, 0) is 30.3 Å². The van der Waals surface area contributed by atoms with Crippen molar-refractivity contribution < 1.29 is 28.6 Å².